The molecule has 5 saturated heterocycles. The maximum atomic E-state index is 15.2. The van der Waals surface area contributed by atoms with Gasteiger partial charge >= 0.3 is 5.97 Å². The number of aliphatic imine (C=N–C) groups is 1. The Hall–Kier alpha value is -8.67. The molecule has 5 rings (SSSR count). The van der Waals surface area contributed by atoms with E-state index in [9.17, 15) is 77.6 Å². The van der Waals surface area contributed by atoms with Crippen LogP contribution in [0.15, 0.2) is 4.99 Å². The number of guanidine groups is 1. The number of nitrogens with zero attached hydrogens (tertiary/aromatic N) is 4. The number of carboxylic acid groups (broad SMARTS) is 1. The first kappa shape index (κ1) is 89.9. The van der Waals surface area contributed by atoms with Crippen molar-refractivity contribution in [3.8, 4) is 0 Å². The number of ether oxygens (including phenoxy) is 2. The first-order valence-electron chi connectivity index (χ1n) is 36.7. The molecule has 0 spiro atoms. The first-order valence-corrected chi connectivity index (χ1v) is 39.2. The van der Waals surface area contributed by atoms with Crippen molar-refractivity contribution in [1.29, 1.82) is 0 Å². The highest BCUT2D eigenvalue weighted by molar-refractivity contribution is 8.76. The summed E-state index contributed by atoms with van der Waals surface area (Å²) in [6, 6.07) is -19.7. The number of hydrogen-bond acceptors (Lipinski definition) is 23. The Bertz CT molecular complexity index is 3230. The number of rotatable bonds is 16. The van der Waals surface area contributed by atoms with Gasteiger partial charge in [-0.1, -0.05) is 96.2 Å². The molecule has 5 heterocycles. The van der Waals surface area contributed by atoms with E-state index in [1.807, 2.05) is 0 Å². The molecule has 19 N–H and O–H groups in total. The number of aliphatic hydroxyl groups is 2. The van der Waals surface area contributed by atoms with Crippen LogP contribution in [0, 0.1) is 23.7 Å². The van der Waals surface area contributed by atoms with Gasteiger partial charge in [-0.3, -0.25) is 81.7 Å². The third-order valence-electron chi connectivity index (χ3n) is 19.4. The molecule has 108 heavy (non-hydrogen) atoms. The van der Waals surface area contributed by atoms with Crippen LogP contribution in [0.5, 0.6) is 0 Å². The molecule has 606 valence electrons. The Morgan fingerprint density at radius 1 is 0.500 bits per heavy atom. The molecule has 16 atom stereocenters. The third kappa shape index (κ3) is 26.9. The van der Waals surface area contributed by atoms with E-state index in [2.05, 4.69) is 68.8 Å². The lowest BCUT2D eigenvalue weighted by Gasteiger charge is -2.34. The van der Waals surface area contributed by atoms with Crippen molar-refractivity contribution >= 4 is 122 Å². The summed E-state index contributed by atoms with van der Waals surface area (Å²) >= 11 is 0. The number of hydrogen-bond donors (Lipinski definition) is 17. The number of nitrogens with two attached hydrogens (primary N) is 2. The fourth-order valence-electron chi connectivity index (χ4n) is 12.7. The molecule has 41 heteroatoms. The number of aliphatic carboxylic acids is 1. The van der Waals surface area contributed by atoms with Gasteiger partial charge in [0.25, 0.3) is 0 Å². The van der Waals surface area contributed by atoms with Crippen molar-refractivity contribution in [2.24, 2.45) is 40.1 Å². The van der Waals surface area contributed by atoms with Gasteiger partial charge in [0, 0.05) is 37.7 Å². The Labute approximate surface area is 634 Å². The summed E-state index contributed by atoms with van der Waals surface area (Å²) in [5.41, 5.74) is 11.1. The van der Waals surface area contributed by atoms with Gasteiger partial charge in [-0.05, 0) is 81.5 Å². The minimum absolute atomic E-state index is 0.00547. The fraction of sp³-hybridized carbons (Fsp3) is 0.746. The number of carbonyl (C=O) groups excluding carboxylic acids is 15. The summed E-state index contributed by atoms with van der Waals surface area (Å²) in [4.78, 5) is 236. The topological polar surface area (TPSA) is 571 Å². The average molecular weight is 1570 g/mol. The van der Waals surface area contributed by atoms with Crippen LogP contribution in [-0.4, -0.2) is 287 Å². The van der Waals surface area contributed by atoms with E-state index >= 15 is 14.4 Å². The molecule has 0 saturated carbocycles. The van der Waals surface area contributed by atoms with Crippen molar-refractivity contribution in [3.63, 3.8) is 0 Å². The van der Waals surface area contributed by atoms with Gasteiger partial charge in [0.15, 0.2) is 5.96 Å². The van der Waals surface area contributed by atoms with Crippen LogP contribution in [0.3, 0.4) is 0 Å². The molecule has 5 fully saturated rings. The van der Waals surface area contributed by atoms with E-state index in [0.717, 1.165) is 21.6 Å². The monoisotopic (exact) mass is 1570 g/mol. The van der Waals surface area contributed by atoms with Crippen LogP contribution in [0.4, 0.5) is 0 Å². The van der Waals surface area contributed by atoms with Crippen molar-refractivity contribution in [1.82, 2.24) is 78.5 Å². The van der Waals surface area contributed by atoms with E-state index in [1.165, 1.54) is 14.7 Å². The minimum Gasteiger partial charge on any atom is -0.481 e. The van der Waals surface area contributed by atoms with Gasteiger partial charge in [0.2, 0.25) is 88.6 Å². The predicted octanol–water partition coefficient (Wildman–Crippen LogP) is -5.91. The molecule has 5 aliphatic heterocycles. The minimum atomic E-state index is -1.93. The van der Waals surface area contributed by atoms with Crippen LogP contribution in [0.25, 0.3) is 0 Å². The molecule has 0 radical (unpaired) electrons. The lowest BCUT2D eigenvalue weighted by Crippen LogP contribution is -2.62. The van der Waals surface area contributed by atoms with Crippen LogP contribution in [0.2, 0.25) is 0 Å². The van der Waals surface area contributed by atoms with Gasteiger partial charge in [0.05, 0.1) is 26.2 Å². The molecule has 2 bridgehead atoms. The maximum absolute atomic E-state index is 15.2. The van der Waals surface area contributed by atoms with Crippen LogP contribution >= 0.6 is 21.6 Å². The van der Waals surface area contributed by atoms with Gasteiger partial charge in [0.1, 0.15) is 98.7 Å². The molecule has 0 unspecified atom stereocenters. The van der Waals surface area contributed by atoms with Gasteiger partial charge < -0.3 is 115 Å². The zero-order valence-electron chi connectivity index (χ0n) is 62.4. The van der Waals surface area contributed by atoms with Gasteiger partial charge in [-0.2, -0.15) is 0 Å². The molecule has 5 aliphatic rings. The van der Waals surface area contributed by atoms with Crippen molar-refractivity contribution in [3.05, 3.63) is 0 Å². The molecule has 0 aromatic rings. The smallest absolute Gasteiger partial charge is 0.305 e. The van der Waals surface area contributed by atoms with E-state index in [1.54, 1.807) is 55.4 Å². The largest absolute Gasteiger partial charge is 0.481 e. The van der Waals surface area contributed by atoms with Crippen molar-refractivity contribution in [2.45, 2.75) is 217 Å². The molecule has 0 aromatic heterocycles. The number of fused-ring (bicyclic) bond motifs is 8. The van der Waals surface area contributed by atoms with E-state index in [-0.39, 0.29) is 102 Å². The fourth-order valence-corrected chi connectivity index (χ4v) is 15.0. The number of aliphatic hydroxyl groups excluding tert-OH is 2. The van der Waals surface area contributed by atoms with Crippen LogP contribution in [-0.2, 0) is 86.2 Å². The standard InChI is InChI=1S/C67H110N18O21S2/c1-9-35(6)51-62(100)78-43-30-107-108-31-44(59(97)82-53(37(8)11-3)66(104)84-22-14-17-45(84)60(98)74-39(25-50(90)91)54(92)72-32-106-33-105-29-49(89)71-26-48(88)80-51)79-63(101)52(36(7)10-2)81-61(99)46-18-13-21-83(46)65(103)47-19-15-23-85(47)64(102)40(24-34(4)5)75-57(95)42(28-87)76-55(93)38(16-12-20-70-67(68)69)73-56(94)41(27-86)77-58(43)96/h34-47,51-53,86-87H,9-33H2,1-8H3,(H,71,89)(H,72,92)(H,73,94)(H,74,98)(H,75,95)(H,76,93)(H,77,96)(H,78,100)(H,79,101)(H,80,88)(H,81,99)(H,82,97)(H,90,91)(H4,68,69,70)/t35-,36-,37-,38-,39-,40-,41-,42-,43-,44-,45-,46-,47-,51-,52-,53-/m0/s1. The second-order valence-corrected chi connectivity index (χ2v) is 30.5. The number of carbonyl (C=O) groups is 16. The summed E-state index contributed by atoms with van der Waals surface area (Å²) in [6.07, 6.45) is 0.823. The molecule has 0 aliphatic carbocycles. The van der Waals surface area contributed by atoms with Crippen LogP contribution in [0.1, 0.15) is 139 Å². The highest BCUT2D eigenvalue weighted by Crippen LogP contribution is 2.29. The Kier molecular flexibility index (Phi) is 37.2. The summed E-state index contributed by atoms with van der Waals surface area (Å²) in [5, 5.41) is 61.7. The summed E-state index contributed by atoms with van der Waals surface area (Å²) in [7, 11) is 1.68. The van der Waals surface area contributed by atoms with E-state index in [0.29, 0.717) is 12.8 Å². The zero-order chi connectivity index (χ0) is 80.1. The van der Waals surface area contributed by atoms with Crippen molar-refractivity contribution < 1.29 is 102 Å². The van der Waals surface area contributed by atoms with Crippen molar-refractivity contribution in [2.75, 3.05) is 77.6 Å². The van der Waals surface area contributed by atoms with Gasteiger partial charge in [-0.25, -0.2) is 0 Å². The van der Waals surface area contributed by atoms with E-state index < -0.39 is 249 Å². The second kappa shape index (κ2) is 44.7. The average Bonchev–Trinajstić information content (AvgIpc) is 1.63. The molecule has 39 nitrogen and oxygen atoms in total. The molecular weight excluding hydrogens is 1460 g/mol. The predicted molar refractivity (Wildman–Crippen MR) is 391 cm³/mol. The van der Waals surface area contributed by atoms with Crippen LogP contribution < -0.4 is 75.3 Å². The quantitative estimate of drug-likeness (QED) is 0.0296. The summed E-state index contributed by atoms with van der Waals surface area (Å²) < 4.78 is 10.4. The maximum Gasteiger partial charge on any atom is 0.305 e. The highest BCUT2D eigenvalue weighted by Gasteiger charge is 2.47. The lowest BCUT2D eigenvalue weighted by molar-refractivity contribution is -0.148. The zero-order valence-corrected chi connectivity index (χ0v) is 64.1. The summed E-state index contributed by atoms with van der Waals surface area (Å²) in [6.45, 7) is 8.74. The number of nitrogens with one attached hydrogen (secondary N) is 12. The Balaban J connectivity index is 1.67. The number of amides is 15. The third-order valence-corrected chi connectivity index (χ3v) is 21.9. The SMILES string of the molecule is CC[C@H](C)[C@@H]1NC(=O)CNC(=O)COCOCNC(=O)[C@H](CC(=O)O)NC(=O)[C@@H]2CCCN2C(=O)[C@H]([C@@H](C)CC)NC(=O)[C@@H]2CSSC[C@H](NC1=O)C(=O)N[C@@H](CO)C(=O)N[C@@H](CCCN=C(N)N)C(=O)N[C@@H](CO)C(=O)N[C@@H](CC(C)C)C(=O)N1CCC[C@H]1C(=O)N1CCC[C@H]1C(=O)N[C@@H]([C@@H](C)CC)C(=O)N2. The molecular formula is C67H110N18O21S2. The Morgan fingerprint density at radius 3 is 1.48 bits per heavy atom. The molecule has 0 aromatic carbocycles. The lowest BCUT2D eigenvalue weighted by atomic mass is 9.96. The first-order chi connectivity index (χ1) is 51.3. The highest BCUT2D eigenvalue weighted by atomic mass is 33.1. The Morgan fingerprint density at radius 2 is 0.954 bits per heavy atom. The van der Waals surface area contributed by atoms with E-state index in [4.69, 9.17) is 20.9 Å². The second-order valence-electron chi connectivity index (χ2n) is 27.9. The summed E-state index contributed by atoms with van der Waals surface area (Å²) in [5.74, 6) is -18.8. The number of carboxylic acids is 1. The normalized spacial score (nSPS) is 28.9. The molecule has 15 amide bonds. The van der Waals surface area contributed by atoms with Gasteiger partial charge in [-0.15, -0.1) is 0 Å².